The molecule has 0 saturated carbocycles. The van der Waals surface area contributed by atoms with Crippen LogP contribution in [0.3, 0.4) is 0 Å². The zero-order chi connectivity index (χ0) is 23.6. The maximum atomic E-state index is 13.7. The van der Waals surface area contributed by atoms with Crippen LogP contribution in [0.25, 0.3) is 11.0 Å². The number of nitrogens with zero attached hydrogens (tertiary/aromatic N) is 2. The van der Waals surface area contributed by atoms with Crippen LogP contribution < -0.4 is 14.9 Å². The highest BCUT2D eigenvalue weighted by Gasteiger charge is 2.36. The highest BCUT2D eigenvalue weighted by molar-refractivity contribution is 6.29. The number of ether oxygens (including phenoxy) is 3. The van der Waals surface area contributed by atoms with Gasteiger partial charge in [0.05, 0.1) is 38.3 Å². The number of aromatic nitrogens is 2. The van der Waals surface area contributed by atoms with Crippen LogP contribution in [0, 0.1) is 0 Å². The number of pyridine rings is 2. The zero-order valence-corrected chi connectivity index (χ0v) is 18.0. The second-order valence-corrected chi connectivity index (χ2v) is 6.97. The van der Waals surface area contributed by atoms with E-state index in [-0.39, 0.29) is 18.8 Å². The van der Waals surface area contributed by atoms with Gasteiger partial charge in [-0.1, -0.05) is 11.6 Å². The molecule has 7 nitrogen and oxygen atoms in total. The number of rotatable bonds is 6. The zero-order valence-electron chi connectivity index (χ0n) is 17.2. The first-order valence-electron chi connectivity index (χ1n) is 9.29. The van der Waals surface area contributed by atoms with E-state index in [4.69, 9.17) is 25.8 Å². The summed E-state index contributed by atoms with van der Waals surface area (Å²) in [6, 6.07) is 5.42. The van der Waals surface area contributed by atoms with Gasteiger partial charge in [0.1, 0.15) is 27.9 Å². The summed E-state index contributed by atoms with van der Waals surface area (Å²) in [5.41, 5.74) is -2.79. The predicted molar refractivity (Wildman–Crippen MR) is 111 cm³/mol. The van der Waals surface area contributed by atoms with Crippen LogP contribution in [0.5, 0.6) is 11.5 Å². The van der Waals surface area contributed by atoms with E-state index in [1.807, 2.05) is 0 Å². The number of halogens is 4. The van der Waals surface area contributed by atoms with Gasteiger partial charge in [0, 0.05) is 17.8 Å². The average molecular weight is 471 g/mol. The third-order valence-corrected chi connectivity index (χ3v) is 4.83. The number of fused-ring (bicyclic) bond motifs is 1. The van der Waals surface area contributed by atoms with Crippen LogP contribution in [-0.4, -0.2) is 36.3 Å². The Hall–Kier alpha value is -3.27. The molecule has 32 heavy (non-hydrogen) atoms. The largest absolute Gasteiger partial charge is 0.497 e. The van der Waals surface area contributed by atoms with E-state index in [0.29, 0.717) is 23.1 Å². The van der Waals surface area contributed by atoms with Crippen molar-refractivity contribution < 1.29 is 32.2 Å². The number of carbonyl (C=O) groups is 1. The predicted octanol–water partition coefficient (Wildman–Crippen LogP) is 4.31. The van der Waals surface area contributed by atoms with Gasteiger partial charge in [-0.05, 0) is 25.1 Å². The first kappa shape index (κ1) is 23.4. The van der Waals surface area contributed by atoms with Crippen LogP contribution in [0.15, 0.2) is 35.3 Å². The number of hydrogen-bond acceptors (Lipinski definition) is 6. The SMILES string of the molecule is CCOC(=O)c1cn(Cc2ccc(OC)cc2OC)c2nc(Cl)cc(C(F)(F)F)c2c1=O. The van der Waals surface area contributed by atoms with Crippen LogP contribution in [0.1, 0.15) is 28.4 Å². The molecule has 3 aromatic rings. The molecule has 0 spiro atoms. The third kappa shape index (κ3) is 4.50. The Kier molecular flexibility index (Phi) is 6.63. The van der Waals surface area contributed by atoms with Crippen molar-refractivity contribution in [2.45, 2.75) is 19.6 Å². The second kappa shape index (κ2) is 9.07. The van der Waals surface area contributed by atoms with E-state index in [0.717, 1.165) is 6.20 Å². The maximum absolute atomic E-state index is 13.7. The number of alkyl halides is 3. The molecule has 0 atom stereocenters. The molecule has 2 aromatic heterocycles. The van der Waals surface area contributed by atoms with E-state index in [2.05, 4.69) is 4.98 Å². The molecule has 0 N–H and O–H groups in total. The maximum Gasteiger partial charge on any atom is 0.417 e. The standard InChI is InChI=1S/C21H18ClF3N2O5/c1-4-32-20(29)13-10-27(9-11-5-6-12(30-2)7-15(11)31-3)19-17(18(13)28)14(21(23,24)25)8-16(22)26-19/h5-8,10H,4,9H2,1-3H3. The van der Waals surface area contributed by atoms with Gasteiger partial charge >= 0.3 is 12.1 Å². The first-order chi connectivity index (χ1) is 15.1. The fourth-order valence-corrected chi connectivity index (χ4v) is 3.40. The second-order valence-electron chi connectivity index (χ2n) is 6.59. The van der Waals surface area contributed by atoms with Crippen LogP contribution >= 0.6 is 11.6 Å². The molecule has 0 amide bonds. The molecule has 11 heteroatoms. The summed E-state index contributed by atoms with van der Waals surface area (Å²) in [6.07, 6.45) is -3.80. The number of benzene rings is 1. The van der Waals surface area contributed by atoms with Gasteiger partial charge in [-0.15, -0.1) is 0 Å². The van der Waals surface area contributed by atoms with Gasteiger partial charge in [-0.3, -0.25) is 4.79 Å². The van der Waals surface area contributed by atoms with Crippen LogP contribution in [0.2, 0.25) is 5.15 Å². The van der Waals surface area contributed by atoms with Crippen molar-refractivity contribution in [3.63, 3.8) is 0 Å². The molecular formula is C21H18ClF3N2O5. The van der Waals surface area contributed by atoms with Gasteiger partial charge < -0.3 is 18.8 Å². The summed E-state index contributed by atoms with van der Waals surface area (Å²) in [4.78, 5) is 29.2. The Bertz CT molecular complexity index is 1240. The lowest BCUT2D eigenvalue weighted by molar-refractivity contribution is -0.136. The summed E-state index contributed by atoms with van der Waals surface area (Å²) in [7, 11) is 2.89. The molecule has 2 heterocycles. The quantitative estimate of drug-likeness (QED) is 0.394. The van der Waals surface area contributed by atoms with Crippen molar-refractivity contribution in [2.75, 3.05) is 20.8 Å². The Labute approximate surface area is 185 Å². The molecule has 0 saturated heterocycles. The summed E-state index contributed by atoms with van der Waals surface area (Å²) < 4.78 is 57.8. The lowest BCUT2D eigenvalue weighted by Crippen LogP contribution is -2.24. The summed E-state index contributed by atoms with van der Waals surface area (Å²) in [5, 5.41) is -1.23. The van der Waals surface area contributed by atoms with Gasteiger partial charge in [0.2, 0.25) is 5.43 Å². The lowest BCUT2D eigenvalue weighted by Gasteiger charge is -2.17. The van der Waals surface area contributed by atoms with Crippen molar-refractivity contribution in [3.05, 3.63) is 62.5 Å². The molecular weight excluding hydrogens is 453 g/mol. The van der Waals surface area contributed by atoms with Crippen molar-refractivity contribution in [2.24, 2.45) is 0 Å². The molecule has 3 rings (SSSR count). The molecule has 170 valence electrons. The molecule has 0 aliphatic rings. The minimum absolute atomic E-state index is 0.0619. The van der Waals surface area contributed by atoms with Gasteiger partial charge in [-0.2, -0.15) is 13.2 Å². The Morgan fingerprint density at radius 1 is 1.19 bits per heavy atom. The normalized spacial score (nSPS) is 11.5. The van der Waals surface area contributed by atoms with Gasteiger partial charge in [0.25, 0.3) is 0 Å². The van der Waals surface area contributed by atoms with E-state index in [9.17, 15) is 22.8 Å². The number of carbonyl (C=O) groups excluding carboxylic acids is 1. The number of esters is 1. The minimum Gasteiger partial charge on any atom is -0.497 e. The van der Waals surface area contributed by atoms with Gasteiger partial charge in [0.15, 0.2) is 0 Å². The number of hydrogen-bond donors (Lipinski definition) is 0. The molecule has 0 aliphatic heterocycles. The van der Waals surface area contributed by atoms with Crippen molar-refractivity contribution in [1.82, 2.24) is 9.55 Å². The minimum atomic E-state index is -4.91. The smallest absolute Gasteiger partial charge is 0.417 e. The number of methoxy groups -OCH3 is 2. The highest BCUT2D eigenvalue weighted by Crippen LogP contribution is 2.35. The Balaban J connectivity index is 2.35. The monoisotopic (exact) mass is 470 g/mol. The Morgan fingerprint density at radius 3 is 2.50 bits per heavy atom. The third-order valence-electron chi connectivity index (χ3n) is 4.63. The molecule has 1 aromatic carbocycles. The fourth-order valence-electron chi connectivity index (χ4n) is 3.21. The van der Waals surface area contributed by atoms with E-state index in [1.165, 1.54) is 25.7 Å². The first-order valence-corrected chi connectivity index (χ1v) is 9.67. The Morgan fingerprint density at radius 2 is 1.91 bits per heavy atom. The topological polar surface area (TPSA) is 79.7 Å². The molecule has 0 unspecified atom stereocenters. The molecule has 0 radical (unpaired) electrons. The van der Waals surface area contributed by atoms with Gasteiger partial charge in [-0.25, -0.2) is 9.78 Å². The highest BCUT2D eigenvalue weighted by atomic mass is 35.5. The van der Waals surface area contributed by atoms with E-state index >= 15 is 0 Å². The van der Waals surface area contributed by atoms with E-state index < -0.39 is 39.2 Å². The van der Waals surface area contributed by atoms with Crippen LogP contribution in [0.4, 0.5) is 13.2 Å². The lowest BCUT2D eigenvalue weighted by atomic mass is 10.1. The van der Waals surface area contributed by atoms with Crippen LogP contribution in [-0.2, 0) is 17.5 Å². The van der Waals surface area contributed by atoms with Crippen molar-refractivity contribution in [3.8, 4) is 11.5 Å². The molecule has 0 fully saturated rings. The van der Waals surface area contributed by atoms with Crippen molar-refractivity contribution >= 4 is 28.6 Å². The summed E-state index contributed by atoms with van der Waals surface area (Å²) in [5.74, 6) is -0.159. The fraction of sp³-hybridized carbons (Fsp3) is 0.286. The average Bonchev–Trinajstić information content (AvgIpc) is 2.74. The molecule has 0 aliphatic carbocycles. The van der Waals surface area contributed by atoms with Crippen molar-refractivity contribution in [1.29, 1.82) is 0 Å². The van der Waals surface area contributed by atoms with E-state index in [1.54, 1.807) is 18.2 Å². The summed E-state index contributed by atoms with van der Waals surface area (Å²) in [6.45, 7) is 1.37. The summed E-state index contributed by atoms with van der Waals surface area (Å²) >= 11 is 5.85. The molecule has 0 bridgehead atoms.